The van der Waals surface area contributed by atoms with E-state index in [9.17, 15) is 9.90 Å². The minimum Gasteiger partial charge on any atom is -0.508 e. The lowest BCUT2D eigenvalue weighted by atomic mass is 10.0. The van der Waals surface area contributed by atoms with Crippen LogP contribution in [0.1, 0.15) is 27.7 Å². The number of halogens is 1. The smallest absolute Gasteiger partial charge is 0.258 e. The highest BCUT2D eigenvalue weighted by molar-refractivity contribution is 6.30. The monoisotopic (exact) mass is 408 g/mol. The Labute approximate surface area is 172 Å². The number of para-hydroxylation sites is 1. The molecule has 5 rings (SSSR count). The molecule has 0 aliphatic carbocycles. The number of amides is 1. The summed E-state index contributed by atoms with van der Waals surface area (Å²) >= 11 is 6.17. The van der Waals surface area contributed by atoms with Crippen molar-refractivity contribution >= 4 is 23.2 Å². The fourth-order valence-corrected chi connectivity index (χ4v) is 3.86. The van der Waals surface area contributed by atoms with E-state index in [1.807, 2.05) is 36.4 Å². The molecule has 2 heterocycles. The van der Waals surface area contributed by atoms with Gasteiger partial charge in [0.15, 0.2) is 11.5 Å². The van der Waals surface area contributed by atoms with Gasteiger partial charge in [0.2, 0.25) is 6.79 Å². The van der Waals surface area contributed by atoms with Crippen molar-refractivity contribution in [1.29, 1.82) is 0 Å². The van der Waals surface area contributed by atoms with Crippen molar-refractivity contribution in [3.05, 3.63) is 82.4 Å². The van der Waals surface area contributed by atoms with Crippen molar-refractivity contribution in [1.82, 2.24) is 4.90 Å². The molecule has 146 valence electrons. The van der Waals surface area contributed by atoms with Gasteiger partial charge in [0.25, 0.3) is 5.91 Å². The Balaban J connectivity index is 1.57. The van der Waals surface area contributed by atoms with E-state index in [-0.39, 0.29) is 18.4 Å². The summed E-state index contributed by atoms with van der Waals surface area (Å²) in [5.74, 6) is 1.27. The van der Waals surface area contributed by atoms with Gasteiger partial charge in [-0.2, -0.15) is 0 Å². The lowest BCUT2D eigenvalue weighted by molar-refractivity contribution is 0.0664. The molecule has 3 aromatic rings. The van der Waals surface area contributed by atoms with E-state index in [1.165, 1.54) is 6.07 Å². The van der Waals surface area contributed by atoms with Crippen LogP contribution < -0.4 is 14.8 Å². The molecule has 1 amide bonds. The number of ether oxygens (including phenoxy) is 2. The molecule has 0 fully saturated rings. The average Bonchev–Trinajstić information content (AvgIpc) is 3.20. The molecule has 0 bridgehead atoms. The van der Waals surface area contributed by atoms with E-state index in [2.05, 4.69) is 5.32 Å². The second-order valence-corrected chi connectivity index (χ2v) is 7.35. The highest BCUT2D eigenvalue weighted by Crippen LogP contribution is 2.39. The van der Waals surface area contributed by atoms with Crippen molar-refractivity contribution in [3.63, 3.8) is 0 Å². The van der Waals surface area contributed by atoms with E-state index in [0.717, 1.165) is 5.56 Å². The van der Waals surface area contributed by atoms with Crippen LogP contribution in [0.3, 0.4) is 0 Å². The van der Waals surface area contributed by atoms with Crippen molar-refractivity contribution in [2.75, 3.05) is 12.1 Å². The number of nitrogens with one attached hydrogen (secondary N) is 1. The van der Waals surface area contributed by atoms with Crippen LogP contribution in [0.25, 0.3) is 0 Å². The minimum atomic E-state index is -0.582. The Bertz CT molecular complexity index is 1120. The largest absolute Gasteiger partial charge is 0.508 e. The van der Waals surface area contributed by atoms with Gasteiger partial charge < -0.3 is 24.8 Å². The summed E-state index contributed by atoms with van der Waals surface area (Å²) in [5, 5.41) is 14.3. The van der Waals surface area contributed by atoms with Crippen molar-refractivity contribution in [2.24, 2.45) is 0 Å². The lowest BCUT2D eigenvalue weighted by Gasteiger charge is -2.38. The zero-order valence-electron chi connectivity index (χ0n) is 15.3. The Kier molecular flexibility index (Phi) is 4.21. The average molecular weight is 409 g/mol. The fraction of sp³-hybridized carbons (Fsp3) is 0.136. The summed E-state index contributed by atoms with van der Waals surface area (Å²) in [5.41, 5.74) is 2.70. The van der Waals surface area contributed by atoms with Crippen LogP contribution in [-0.4, -0.2) is 22.7 Å². The van der Waals surface area contributed by atoms with Gasteiger partial charge in [0.05, 0.1) is 5.56 Å². The van der Waals surface area contributed by atoms with E-state index in [4.69, 9.17) is 21.1 Å². The van der Waals surface area contributed by atoms with E-state index in [1.54, 1.807) is 23.1 Å². The molecule has 1 atom stereocenters. The number of rotatable bonds is 3. The molecule has 2 aliphatic heterocycles. The quantitative estimate of drug-likeness (QED) is 0.665. The van der Waals surface area contributed by atoms with Gasteiger partial charge in [-0.15, -0.1) is 0 Å². The molecule has 3 aromatic carbocycles. The molecular weight excluding hydrogens is 392 g/mol. The summed E-state index contributed by atoms with van der Waals surface area (Å²) in [4.78, 5) is 15.0. The first-order chi connectivity index (χ1) is 14.1. The number of benzene rings is 3. The predicted molar refractivity (Wildman–Crippen MR) is 108 cm³/mol. The van der Waals surface area contributed by atoms with Crippen LogP contribution >= 0.6 is 11.6 Å². The Morgan fingerprint density at radius 3 is 2.79 bits per heavy atom. The Morgan fingerprint density at radius 2 is 1.90 bits per heavy atom. The van der Waals surface area contributed by atoms with Crippen LogP contribution in [0.4, 0.5) is 5.69 Å². The van der Waals surface area contributed by atoms with Gasteiger partial charge in [-0.1, -0.05) is 29.8 Å². The number of anilines is 1. The van der Waals surface area contributed by atoms with Gasteiger partial charge in [-0.25, -0.2) is 0 Å². The van der Waals surface area contributed by atoms with Crippen molar-refractivity contribution < 1.29 is 19.4 Å². The fourth-order valence-electron chi connectivity index (χ4n) is 3.68. The molecule has 7 heteroatoms. The molecule has 2 N–H and O–H groups in total. The molecule has 29 heavy (non-hydrogen) atoms. The number of phenols is 1. The maximum atomic E-state index is 13.4. The number of hydrogen-bond acceptors (Lipinski definition) is 5. The third-order valence-electron chi connectivity index (χ3n) is 5.10. The van der Waals surface area contributed by atoms with Crippen LogP contribution in [0.15, 0.2) is 60.7 Å². The second-order valence-electron chi connectivity index (χ2n) is 6.92. The second kappa shape index (κ2) is 6.90. The molecule has 0 saturated heterocycles. The van der Waals surface area contributed by atoms with Gasteiger partial charge in [-0.05, 0) is 48.0 Å². The third-order valence-corrected chi connectivity index (χ3v) is 5.33. The summed E-state index contributed by atoms with van der Waals surface area (Å²) in [6, 6.07) is 17.7. The normalized spacial score (nSPS) is 17.1. The highest BCUT2D eigenvalue weighted by Gasteiger charge is 2.34. The minimum absolute atomic E-state index is 0.0646. The molecule has 0 unspecified atom stereocenters. The van der Waals surface area contributed by atoms with Crippen molar-refractivity contribution in [3.8, 4) is 17.2 Å². The summed E-state index contributed by atoms with van der Waals surface area (Å²) < 4.78 is 10.8. The SMILES string of the molecule is O=C1c2ccccc2N[C@@H](c2cc(Cl)ccc2O)N1Cc1ccc2c(c1)OCO2. The number of carbonyl (C=O) groups excluding carboxylic acids is 1. The summed E-state index contributed by atoms with van der Waals surface area (Å²) in [7, 11) is 0. The zero-order chi connectivity index (χ0) is 20.0. The molecule has 0 spiro atoms. The van der Waals surface area contributed by atoms with E-state index in [0.29, 0.717) is 39.9 Å². The summed E-state index contributed by atoms with van der Waals surface area (Å²) in [6.07, 6.45) is -0.582. The number of fused-ring (bicyclic) bond motifs is 2. The Morgan fingerprint density at radius 1 is 1.07 bits per heavy atom. The van der Waals surface area contributed by atoms with Gasteiger partial charge in [0, 0.05) is 22.8 Å². The van der Waals surface area contributed by atoms with Gasteiger partial charge >= 0.3 is 0 Å². The highest BCUT2D eigenvalue weighted by atomic mass is 35.5. The number of phenolic OH excluding ortho intramolecular Hbond substituents is 1. The topological polar surface area (TPSA) is 71.0 Å². The maximum absolute atomic E-state index is 13.4. The number of carbonyl (C=O) groups is 1. The first-order valence-electron chi connectivity index (χ1n) is 9.13. The number of aromatic hydroxyl groups is 1. The number of nitrogens with zero attached hydrogens (tertiary/aromatic N) is 1. The molecular formula is C22H17ClN2O4. The van der Waals surface area contributed by atoms with E-state index < -0.39 is 6.17 Å². The lowest BCUT2D eigenvalue weighted by Crippen LogP contribution is -2.42. The molecule has 6 nitrogen and oxygen atoms in total. The van der Waals surface area contributed by atoms with Crippen LogP contribution in [-0.2, 0) is 6.54 Å². The first-order valence-corrected chi connectivity index (χ1v) is 9.51. The van der Waals surface area contributed by atoms with Gasteiger partial charge in [-0.3, -0.25) is 4.79 Å². The Hall–Kier alpha value is -3.38. The zero-order valence-corrected chi connectivity index (χ0v) is 16.0. The molecule has 2 aliphatic rings. The number of hydrogen-bond donors (Lipinski definition) is 2. The molecule has 0 radical (unpaired) electrons. The molecule has 0 aromatic heterocycles. The predicted octanol–water partition coefficient (Wildman–Crippen LogP) is 4.54. The van der Waals surface area contributed by atoms with Crippen LogP contribution in [0, 0.1) is 0 Å². The van der Waals surface area contributed by atoms with Crippen LogP contribution in [0.5, 0.6) is 17.2 Å². The third kappa shape index (κ3) is 3.11. The summed E-state index contributed by atoms with van der Waals surface area (Å²) in [6.45, 7) is 0.503. The molecule has 0 saturated carbocycles. The van der Waals surface area contributed by atoms with E-state index >= 15 is 0 Å². The maximum Gasteiger partial charge on any atom is 0.258 e. The van der Waals surface area contributed by atoms with Crippen molar-refractivity contribution in [2.45, 2.75) is 12.7 Å². The van der Waals surface area contributed by atoms with Gasteiger partial charge in [0.1, 0.15) is 11.9 Å². The standard InChI is InChI=1S/C22H17ClN2O4/c23-14-6-7-18(26)16(10-14)21-24-17-4-2-1-3-15(17)22(27)25(21)11-13-5-8-19-20(9-13)29-12-28-19/h1-10,21,24,26H,11-12H2/t21-/m1/s1. The van der Waals surface area contributed by atoms with Crippen LogP contribution in [0.2, 0.25) is 5.02 Å². The first kappa shape index (κ1) is 17.7.